The molecule has 1 unspecified atom stereocenters. The fourth-order valence-corrected chi connectivity index (χ4v) is 3.63. The molecule has 2 aromatic rings. The first-order valence-electron chi connectivity index (χ1n) is 7.65. The van der Waals surface area contributed by atoms with Gasteiger partial charge in [0, 0.05) is 11.1 Å². The van der Waals surface area contributed by atoms with Gasteiger partial charge < -0.3 is 9.73 Å². The van der Waals surface area contributed by atoms with Crippen LogP contribution in [0.1, 0.15) is 39.0 Å². The Morgan fingerprint density at radius 3 is 2.95 bits per heavy atom. The number of nitrogens with zero attached hydrogens (tertiary/aromatic N) is 1. The summed E-state index contributed by atoms with van der Waals surface area (Å²) in [5, 5.41) is 4.03. The van der Waals surface area contributed by atoms with Crippen LogP contribution in [-0.4, -0.2) is 22.2 Å². The molecular weight excluding hydrogens is 320 g/mol. The van der Waals surface area contributed by atoms with Crippen molar-refractivity contribution in [1.82, 2.24) is 10.3 Å². The van der Waals surface area contributed by atoms with E-state index in [-0.39, 0.29) is 11.2 Å². The van der Waals surface area contributed by atoms with Crippen LogP contribution in [0.5, 0.6) is 0 Å². The van der Waals surface area contributed by atoms with E-state index < -0.39 is 0 Å². The second-order valence-corrected chi connectivity index (χ2v) is 7.42. The van der Waals surface area contributed by atoms with Crippen LogP contribution < -0.4 is 5.32 Å². The van der Waals surface area contributed by atoms with Crippen molar-refractivity contribution in [3.05, 3.63) is 23.2 Å². The molecule has 1 aliphatic carbocycles. The Morgan fingerprint density at radius 2 is 2.18 bits per heavy atom. The summed E-state index contributed by atoms with van der Waals surface area (Å²) in [7, 11) is 0. The Hall–Kier alpha value is -1.20. The molecule has 4 nitrogen and oxygen atoms in total. The molecular formula is C16H19ClN2O2S. The van der Waals surface area contributed by atoms with E-state index in [9.17, 15) is 4.79 Å². The molecule has 0 radical (unpaired) electrons. The predicted octanol–water partition coefficient (Wildman–Crippen LogP) is 4.41. The quantitative estimate of drug-likeness (QED) is 0.839. The number of hydrogen-bond acceptors (Lipinski definition) is 4. The number of hydrogen-bond donors (Lipinski definition) is 1. The van der Waals surface area contributed by atoms with Gasteiger partial charge in [0.25, 0.3) is 5.22 Å². The van der Waals surface area contributed by atoms with Gasteiger partial charge >= 0.3 is 0 Å². The summed E-state index contributed by atoms with van der Waals surface area (Å²) in [6.45, 7) is 1.88. The minimum Gasteiger partial charge on any atom is -0.431 e. The first-order chi connectivity index (χ1) is 10.6. The van der Waals surface area contributed by atoms with Gasteiger partial charge in [0.1, 0.15) is 5.52 Å². The number of carbonyl (C=O) groups excluding carboxylic acids is 1. The van der Waals surface area contributed by atoms with E-state index in [1.54, 1.807) is 18.2 Å². The molecule has 1 aliphatic rings. The highest BCUT2D eigenvalue weighted by molar-refractivity contribution is 8.00. The summed E-state index contributed by atoms with van der Waals surface area (Å²) in [5.41, 5.74) is 1.40. The van der Waals surface area contributed by atoms with Crippen LogP contribution in [0.15, 0.2) is 27.8 Å². The van der Waals surface area contributed by atoms with Crippen molar-refractivity contribution in [3.63, 3.8) is 0 Å². The van der Waals surface area contributed by atoms with E-state index in [1.165, 1.54) is 31.0 Å². The third-order valence-electron chi connectivity index (χ3n) is 3.93. The number of thioether (sulfide) groups is 1. The first-order valence-corrected chi connectivity index (χ1v) is 8.91. The second kappa shape index (κ2) is 6.92. The summed E-state index contributed by atoms with van der Waals surface area (Å²) in [6, 6.07) is 5.65. The third-order valence-corrected chi connectivity index (χ3v) is 5.11. The molecule has 118 valence electrons. The van der Waals surface area contributed by atoms with Crippen LogP contribution in [-0.2, 0) is 4.79 Å². The predicted molar refractivity (Wildman–Crippen MR) is 89.4 cm³/mol. The van der Waals surface area contributed by atoms with Crippen molar-refractivity contribution < 1.29 is 9.21 Å². The third kappa shape index (κ3) is 3.76. The number of benzene rings is 1. The molecule has 1 fully saturated rings. The maximum atomic E-state index is 12.3. The average molecular weight is 339 g/mol. The van der Waals surface area contributed by atoms with E-state index >= 15 is 0 Å². The monoisotopic (exact) mass is 338 g/mol. The standard InChI is InChI=1S/C16H19ClN2O2S/c1-10(15(20)18-12-5-3-2-4-6-12)22-16-19-13-9-11(17)7-8-14(13)21-16/h7-10,12H,2-6H2,1H3,(H,18,20). The highest BCUT2D eigenvalue weighted by Gasteiger charge is 2.22. The highest BCUT2D eigenvalue weighted by Crippen LogP contribution is 2.28. The number of nitrogens with one attached hydrogen (secondary N) is 1. The summed E-state index contributed by atoms with van der Waals surface area (Å²) >= 11 is 7.28. The Bertz CT molecular complexity index is 667. The molecule has 0 aliphatic heterocycles. The van der Waals surface area contributed by atoms with Crippen molar-refractivity contribution in [2.75, 3.05) is 0 Å². The number of rotatable bonds is 4. The van der Waals surface area contributed by atoms with Crippen LogP contribution in [0.4, 0.5) is 0 Å². The van der Waals surface area contributed by atoms with Crippen LogP contribution >= 0.6 is 23.4 Å². The van der Waals surface area contributed by atoms with Crippen molar-refractivity contribution in [3.8, 4) is 0 Å². The van der Waals surface area contributed by atoms with Gasteiger partial charge in [0.15, 0.2) is 5.58 Å². The van der Waals surface area contributed by atoms with Crippen LogP contribution in [0, 0.1) is 0 Å². The fraction of sp³-hybridized carbons (Fsp3) is 0.500. The zero-order chi connectivity index (χ0) is 15.5. The van der Waals surface area contributed by atoms with E-state index in [0.717, 1.165) is 18.4 Å². The first kappa shape index (κ1) is 15.7. The molecule has 1 atom stereocenters. The second-order valence-electron chi connectivity index (χ2n) is 5.70. The molecule has 22 heavy (non-hydrogen) atoms. The molecule has 3 rings (SSSR count). The minimum atomic E-state index is -0.231. The molecule has 1 aromatic heterocycles. The maximum Gasteiger partial charge on any atom is 0.257 e. The van der Waals surface area contributed by atoms with Gasteiger partial charge in [0.05, 0.1) is 5.25 Å². The van der Waals surface area contributed by atoms with E-state index in [1.807, 2.05) is 6.92 Å². The van der Waals surface area contributed by atoms with Gasteiger partial charge in [-0.3, -0.25) is 4.79 Å². The molecule has 1 saturated carbocycles. The highest BCUT2D eigenvalue weighted by atomic mass is 35.5. The van der Waals surface area contributed by atoms with E-state index in [4.69, 9.17) is 16.0 Å². The molecule has 1 heterocycles. The number of oxazole rings is 1. The molecule has 6 heteroatoms. The zero-order valence-electron chi connectivity index (χ0n) is 12.5. The maximum absolute atomic E-state index is 12.3. The van der Waals surface area contributed by atoms with E-state index in [0.29, 0.717) is 21.9 Å². The lowest BCUT2D eigenvalue weighted by atomic mass is 9.95. The van der Waals surface area contributed by atoms with Gasteiger partial charge in [-0.2, -0.15) is 0 Å². The topological polar surface area (TPSA) is 55.1 Å². The number of carbonyl (C=O) groups is 1. The van der Waals surface area contributed by atoms with Gasteiger partial charge in [0.2, 0.25) is 5.91 Å². The molecule has 1 aromatic carbocycles. The number of fused-ring (bicyclic) bond motifs is 1. The lowest BCUT2D eigenvalue weighted by molar-refractivity contribution is -0.121. The molecule has 0 spiro atoms. The minimum absolute atomic E-state index is 0.0530. The molecule has 0 saturated heterocycles. The van der Waals surface area contributed by atoms with Gasteiger partial charge in [-0.1, -0.05) is 42.6 Å². The number of amides is 1. The fourth-order valence-electron chi connectivity index (χ4n) is 2.70. The zero-order valence-corrected chi connectivity index (χ0v) is 14.0. The van der Waals surface area contributed by atoms with Gasteiger partial charge in [-0.05, 0) is 38.0 Å². The Morgan fingerprint density at radius 1 is 1.41 bits per heavy atom. The Balaban J connectivity index is 1.61. The SMILES string of the molecule is CC(Sc1nc2cc(Cl)ccc2o1)C(=O)NC1CCCCC1. The van der Waals surface area contributed by atoms with E-state index in [2.05, 4.69) is 10.3 Å². The largest absolute Gasteiger partial charge is 0.431 e. The smallest absolute Gasteiger partial charge is 0.257 e. The number of halogens is 1. The Kier molecular flexibility index (Phi) is 4.93. The average Bonchev–Trinajstić information content (AvgIpc) is 2.89. The van der Waals surface area contributed by atoms with Gasteiger partial charge in [-0.25, -0.2) is 4.98 Å². The normalized spacial score (nSPS) is 17.5. The van der Waals surface area contributed by atoms with Crippen LogP contribution in [0.3, 0.4) is 0 Å². The van der Waals surface area contributed by atoms with Crippen molar-refractivity contribution >= 4 is 40.4 Å². The number of aromatic nitrogens is 1. The van der Waals surface area contributed by atoms with Crippen molar-refractivity contribution in [2.24, 2.45) is 0 Å². The summed E-state index contributed by atoms with van der Waals surface area (Å²) in [5.74, 6) is 0.0530. The van der Waals surface area contributed by atoms with Gasteiger partial charge in [-0.15, -0.1) is 0 Å². The summed E-state index contributed by atoms with van der Waals surface area (Å²) < 4.78 is 5.65. The molecule has 1 amide bonds. The Labute approximate surface area is 139 Å². The lowest BCUT2D eigenvalue weighted by Gasteiger charge is -2.23. The molecule has 1 N–H and O–H groups in total. The lowest BCUT2D eigenvalue weighted by Crippen LogP contribution is -2.40. The summed E-state index contributed by atoms with van der Waals surface area (Å²) in [6.07, 6.45) is 5.87. The molecule has 0 bridgehead atoms. The van der Waals surface area contributed by atoms with Crippen LogP contribution in [0.25, 0.3) is 11.1 Å². The van der Waals surface area contributed by atoms with Crippen molar-refractivity contribution in [2.45, 2.75) is 55.5 Å². The van der Waals surface area contributed by atoms with Crippen molar-refractivity contribution in [1.29, 1.82) is 0 Å². The van der Waals surface area contributed by atoms with Crippen LogP contribution in [0.2, 0.25) is 5.02 Å². The summed E-state index contributed by atoms with van der Waals surface area (Å²) in [4.78, 5) is 16.6.